The van der Waals surface area contributed by atoms with E-state index in [1.54, 1.807) is 22.5 Å². The van der Waals surface area contributed by atoms with Crippen LogP contribution in [0.4, 0.5) is 4.39 Å². The number of amides is 1. The van der Waals surface area contributed by atoms with Crippen molar-refractivity contribution in [3.8, 4) is 11.3 Å². The predicted octanol–water partition coefficient (Wildman–Crippen LogP) is 6.35. The van der Waals surface area contributed by atoms with Crippen LogP contribution in [0.3, 0.4) is 0 Å². The Balaban J connectivity index is 2.24. The van der Waals surface area contributed by atoms with Gasteiger partial charge < -0.3 is 9.80 Å². The third-order valence-corrected chi connectivity index (χ3v) is 6.89. The first kappa shape index (κ1) is 24.8. The fourth-order valence-corrected chi connectivity index (χ4v) is 5.02. The number of carbonyl (C=O) groups excluding carboxylic acids is 1. The number of aliphatic imine (C=N–C) groups is 1. The fourth-order valence-electron chi connectivity index (χ4n) is 4.15. The molecular formula is C26H33FN4OS. The zero-order valence-electron chi connectivity index (χ0n) is 20.5. The van der Waals surface area contributed by atoms with Gasteiger partial charge >= 0.3 is 0 Å². The van der Waals surface area contributed by atoms with Gasteiger partial charge in [0.05, 0.1) is 27.5 Å². The molecule has 0 spiro atoms. The van der Waals surface area contributed by atoms with Gasteiger partial charge in [0.2, 0.25) is 5.91 Å². The molecule has 0 N–H and O–H groups in total. The average molecular weight is 469 g/mol. The molecule has 176 valence electrons. The van der Waals surface area contributed by atoms with Crippen LogP contribution >= 0.6 is 11.3 Å². The first-order chi connectivity index (χ1) is 15.7. The normalized spacial score (nSPS) is 20.3. The highest BCUT2D eigenvalue weighted by atomic mass is 32.1. The Kier molecular flexibility index (Phi) is 7.84. The molecule has 0 radical (unpaired) electrons. The number of allylic oxidation sites excluding steroid dienone is 2. The van der Waals surface area contributed by atoms with Crippen molar-refractivity contribution in [2.24, 2.45) is 4.99 Å². The molecule has 1 aliphatic heterocycles. The lowest BCUT2D eigenvalue weighted by atomic mass is 10.0. The minimum atomic E-state index is -0.276. The van der Waals surface area contributed by atoms with Gasteiger partial charge in [0.15, 0.2) is 5.84 Å². The highest BCUT2D eigenvalue weighted by molar-refractivity contribution is 7.11. The lowest BCUT2D eigenvalue weighted by molar-refractivity contribution is -0.134. The largest absolute Gasteiger partial charge is 0.340 e. The van der Waals surface area contributed by atoms with E-state index in [1.807, 2.05) is 27.0 Å². The van der Waals surface area contributed by atoms with Crippen molar-refractivity contribution < 1.29 is 9.18 Å². The summed E-state index contributed by atoms with van der Waals surface area (Å²) < 4.78 is 13.5. The molecule has 2 heterocycles. The number of amidine groups is 1. The van der Waals surface area contributed by atoms with E-state index >= 15 is 0 Å². The van der Waals surface area contributed by atoms with Crippen molar-refractivity contribution in [3.05, 3.63) is 57.8 Å². The summed E-state index contributed by atoms with van der Waals surface area (Å²) in [6, 6.07) is 6.23. The van der Waals surface area contributed by atoms with Crippen LogP contribution in [0.15, 0.2) is 52.1 Å². The Bertz CT molecular complexity index is 1100. The number of thiazole rings is 1. The molecule has 0 bridgehead atoms. The molecule has 5 nitrogen and oxygen atoms in total. The van der Waals surface area contributed by atoms with E-state index in [2.05, 4.69) is 37.6 Å². The molecule has 1 aliphatic rings. The minimum absolute atomic E-state index is 0.0841. The molecule has 1 saturated heterocycles. The summed E-state index contributed by atoms with van der Waals surface area (Å²) in [5.74, 6) is 0.602. The molecule has 7 heteroatoms. The topological polar surface area (TPSA) is 48.8 Å². The lowest BCUT2D eigenvalue weighted by Crippen LogP contribution is -2.59. The summed E-state index contributed by atoms with van der Waals surface area (Å²) >= 11 is 1.53. The van der Waals surface area contributed by atoms with Crippen LogP contribution in [-0.4, -0.2) is 45.7 Å². The number of nitrogens with zero attached hydrogens (tertiary/aromatic N) is 4. The Morgan fingerprint density at radius 1 is 1.27 bits per heavy atom. The Morgan fingerprint density at radius 2 is 1.94 bits per heavy atom. The van der Waals surface area contributed by atoms with Gasteiger partial charge in [-0.05, 0) is 70.4 Å². The second kappa shape index (κ2) is 10.4. The maximum atomic E-state index is 13.5. The number of hydrogen-bond donors (Lipinski definition) is 0. The number of halogens is 1. The number of benzene rings is 1. The number of rotatable bonds is 6. The molecule has 1 aromatic carbocycles. The molecule has 1 amide bonds. The quantitative estimate of drug-likeness (QED) is 0.496. The van der Waals surface area contributed by atoms with Crippen molar-refractivity contribution in [2.75, 3.05) is 7.05 Å². The number of carbonyl (C=O) groups is 1. The van der Waals surface area contributed by atoms with Crippen LogP contribution in [0.1, 0.15) is 59.3 Å². The molecule has 0 saturated carbocycles. The number of hydrogen-bond acceptors (Lipinski definition) is 4. The molecule has 1 aromatic heterocycles. The van der Waals surface area contributed by atoms with E-state index < -0.39 is 0 Å². The van der Waals surface area contributed by atoms with Crippen LogP contribution in [0, 0.1) is 5.82 Å². The van der Waals surface area contributed by atoms with Crippen LogP contribution in [0.2, 0.25) is 0 Å². The second-order valence-electron chi connectivity index (χ2n) is 8.45. The third kappa shape index (κ3) is 4.78. The minimum Gasteiger partial charge on any atom is -0.340 e. The summed E-state index contributed by atoms with van der Waals surface area (Å²) in [6.07, 6.45) is 3.47. The molecular weight excluding hydrogens is 435 g/mol. The summed E-state index contributed by atoms with van der Waals surface area (Å²) in [5, 5.41) is 0. The SMILES string of the molecule is CC=C1C(=NC(=C(C)CC)c2scnc2-c2ccc(F)cc2)N(C(C)C)C(CC)C(=O)N1C. The van der Waals surface area contributed by atoms with E-state index in [4.69, 9.17) is 4.99 Å². The highest BCUT2D eigenvalue weighted by Crippen LogP contribution is 2.36. The number of piperazine rings is 1. The van der Waals surface area contributed by atoms with Gasteiger partial charge in [-0.15, -0.1) is 11.3 Å². The van der Waals surface area contributed by atoms with Crippen molar-refractivity contribution in [3.63, 3.8) is 0 Å². The van der Waals surface area contributed by atoms with Crippen LogP contribution in [-0.2, 0) is 4.79 Å². The second-order valence-corrected chi connectivity index (χ2v) is 9.31. The molecule has 0 aliphatic carbocycles. The summed E-state index contributed by atoms with van der Waals surface area (Å²) in [4.78, 5) is 27.7. The first-order valence-electron chi connectivity index (χ1n) is 11.5. The first-order valence-corrected chi connectivity index (χ1v) is 12.3. The number of likely N-dealkylation sites (N-methyl/N-ethyl adjacent to an activating group) is 1. The standard InChI is InChI=1S/C26H33FN4OS/c1-8-17(6)22(24-23(28-15-33-24)18-11-13-19(27)14-12-18)29-25-20(9-2)30(7)26(32)21(10-3)31(25)16(4)5/h9,11-16,21H,8,10H2,1-7H3. The average Bonchev–Trinajstić information content (AvgIpc) is 3.28. The van der Waals surface area contributed by atoms with E-state index in [9.17, 15) is 9.18 Å². The Labute approximate surface area is 200 Å². The molecule has 1 unspecified atom stereocenters. The van der Waals surface area contributed by atoms with Crippen molar-refractivity contribution in [1.82, 2.24) is 14.8 Å². The molecule has 2 aromatic rings. The van der Waals surface area contributed by atoms with E-state index in [-0.39, 0.29) is 23.8 Å². The zero-order chi connectivity index (χ0) is 24.3. The fraction of sp³-hybridized carbons (Fsp3) is 0.423. The van der Waals surface area contributed by atoms with Gasteiger partial charge in [-0.3, -0.25) is 4.79 Å². The monoisotopic (exact) mass is 468 g/mol. The van der Waals surface area contributed by atoms with Gasteiger partial charge in [-0.25, -0.2) is 14.4 Å². The molecule has 1 fully saturated rings. The maximum Gasteiger partial charge on any atom is 0.249 e. The predicted molar refractivity (Wildman–Crippen MR) is 135 cm³/mol. The van der Waals surface area contributed by atoms with Crippen molar-refractivity contribution in [2.45, 2.75) is 66.5 Å². The third-order valence-electron chi connectivity index (χ3n) is 6.06. The summed E-state index contributed by atoms with van der Waals surface area (Å²) in [7, 11) is 1.82. The molecule has 3 rings (SSSR count). The molecule has 33 heavy (non-hydrogen) atoms. The van der Waals surface area contributed by atoms with Crippen LogP contribution < -0.4 is 0 Å². The molecule has 1 atom stereocenters. The van der Waals surface area contributed by atoms with Gasteiger partial charge in [-0.1, -0.05) is 19.9 Å². The van der Waals surface area contributed by atoms with E-state index in [0.717, 1.165) is 45.4 Å². The van der Waals surface area contributed by atoms with Gasteiger partial charge in [0.25, 0.3) is 0 Å². The van der Waals surface area contributed by atoms with E-state index in [0.29, 0.717) is 6.42 Å². The van der Waals surface area contributed by atoms with Crippen molar-refractivity contribution in [1.29, 1.82) is 0 Å². The summed E-state index contributed by atoms with van der Waals surface area (Å²) in [5.41, 5.74) is 6.23. The number of aromatic nitrogens is 1. The van der Waals surface area contributed by atoms with E-state index in [1.165, 1.54) is 23.5 Å². The Hall–Kier alpha value is -2.80. The van der Waals surface area contributed by atoms with Crippen molar-refractivity contribution >= 4 is 28.8 Å². The van der Waals surface area contributed by atoms with Gasteiger partial charge in [-0.2, -0.15) is 0 Å². The highest BCUT2D eigenvalue weighted by Gasteiger charge is 2.40. The van der Waals surface area contributed by atoms with Crippen LogP contribution in [0.25, 0.3) is 17.0 Å². The maximum absolute atomic E-state index is 13.5. The van der Waals surface area contributed by atoms with Gasteiger partial charge in [0.1, 0.15) is 11.9 Å². The zero-order valence-corrected chi connectivity index (χ0v) is 21.3. The van der Waals surface area contributed by atoms with Crippen LogP contribution in [0.5, 0.6) is 0 Å². The summed E-state index contributed by atoms with van der Waals surface area (Å²) in [6.45, 7) is 12.3. The lowest BCUT2D eigenvalue weighted by Gasteiger charge is -2.44. The van der Waals surface area contributed by atoms with Gasteiger partial charge in [0, 0.05) is 18.7 Å². The smallest absolute Gasteiger partial charge is 0.249 e. The Morgan fingerprint density at radius 3 is 2.48 bits per heavy atom.